The van der Waals surface area contributed by atoms with Crippen molar-refractivity contribution in [3.8, 4) is 5.75 Å². The monoisotopic (exact) mass is 299 g/mol. The molecule has 0 saturated carbocycles. The van der Waals surface area contributed by atoms with Crippen LogP contribution in [0, 0.1) is 0 Å². The summed E-state index contributed by atoms with van der Waals surface area (Å²) in [5.41, 5.74) is 0.915. The molecule has 0 aliphatic rings. The molecule has 1 amide bonds. The highest BCUT2D eigenvalue weighted by molar-refractivity contribution is 6.30. The fourth-order valence-electron chi connectivity index (χ4n) is 1.69. The molecule has 0 heterocycles. The molecule has 6 heteroatoms. The molecule has 1 aromatic carbocycles. The molecule has 0 aliphatic heterocycles. The highest BCUT2D eigenvalue weighted by Gasteiger charge is 2.07. The summed E-state index contributed by atoms with van der Waals surface area (Å²) in [6, 6.07) is 5.35. The van der Waals surface area contributed by atoms with Gasteiger partial charge < -0.3 is 15.2 Å². The third-order valence-electron chi connectivity index (χ3n) is 2.60. The predicted molar refractivity (Wildman–Crippen MR) is 76.2 cm³/mol. The van der Waals surface area contributed by atoms with Gasteiger partial charge in [0, 0.05) is 18.0 Å². The Hall–Kier alpha value is -1.75. The Morgan fingerprint density at radius 1 is 1.35 bits per heavy atom. The summed E-state index contributed by atoms with van der Waals surface area (Å²) < 4.78 is 5.48. The predicted octanol–water partition coefficient (Wildman–Crippen LogP) is 2.26. The molecular weight excluding hydrogens is 282 g/mol. The van der Waals surface area contributed by atoms with Crippen LogP contribution in [0.3, 0.4) is 0 Å². The zero-order valence-corrected chi connectivity index (χ0v) is 12.1. The molecule has 0 aromatic heterocycles. The molecule has 0 bridgehead atoms. The number of benzene rings is 1. The van der Waals surface area contributed by atoms with Crippen LogP contribution in [0.2, 0.25) is 5.02 Å². The van der Waals surface area contributed by atoms with Gasteiger partial charge >= 0.3 is 5.97 Å². The van der Waals surface area contributed by atoms with Crippen molar-refractivity contribution in [1.29, 1.82) is 0 Å². The molecule has 1 aromatic rings. The third-order valence-corrected chi connectivity index (χ3v) is 2.84. The fraction of sp³-hybridized carbons (Fsp3) is 0.429. The van der Waals surface area contributed by atoms with Crippen LogP contribution in [0.4, 0.5) is 0 Å². The Bertz CT molecular complexity index is 476. The number of aliphatic carboxylic acids is 1. The van der Waals surface area contributed by atoms with E-state index >= 15 is 0 Å². The summed E-state index contributed by atoms with van der Waals surface area (Å²) >= 11 is 5.93. The van der Waals surface area contributed by atoms with E-state index in [4.69, 9.17) is 21.4 Å². The Balaban J connectivity index is 2.46. The van der Waals surface area contributed by atoms with E-state index in [0.29, 0.717) is 24.6 Å². The number of ether oxygens (including phenoxy) is 1. The minimum absolute atomic E-state index is 0.0107. The minimum atomic E-state index is -0.978. The average Bonchev–Trinajstić information content (AvgIpc) is 2.39. The van der Waals surface area contributed by atoms with E-state index in [1.165, 1.54) is 0 Å². The zero-order chi connectivity index (χ0) is 15.0. The zero-order valence-electron chi connectivity index (χ0n) is 11.3. The van der Waals surface area contributed by atoms with Crippen molar-refractivity contribution in [2.24, 2.45) is 0 Å². The van der Waals surface area contributed by atoms with Crippen molar-refractivity contribution in [2.45, 2.75) is 26.2 Å². The van der Waals surface area contributed by atoms with Crippen LogP contribution < -0.4 is 10.1 Å². The maximum Gasteiger partial charge on any atom is 0.303 e. The first kappa shape index (κ1) is 16.3. The largest absolute Gasteiger partial charge is 0.494 e. The number of carboxylic acids is 1. The Morgan fingerprint density at radius 2 is 2.10 bits per heavy atom. The van der Waals surface area contributed by atoms with E-state index < -0.39 is 5.97 Å². The van der Waals surface area contributed by atoms with Gasteiger partial charge in [-0.15, -0.1) is 0 Å². The number of rotatable bonds is 8. The lowest BCUT2D eigenvalue weighted by atomic mass is 10.1. The van der Waals surface area contributed by atoms with Crippen LogP contribution in [0.15, 0.2) is 18.2 Å². The lowest BCUT2D eigenvalue weighted by molar-refractivity contribution is -0.138. The summed E-state index contributed by atoms with van der Waals surface area (Å²) in [7, 11) is 0. The topological polar surface area (TPSA) is 75.6 Å². The maximum atomic E-state index is 11.4. The highest BCUT2D eigenvalue weighted by atomic mass is 35.5. The van der Waals surface area contributed by atoms with E-state index in [0.717, 1.165) is 11.3 Å². The van der Waals surface area contributed by atoms with Crippen molar-refractivity contribution >= 4 is 23.5 Å². The van der Waals surface area contributed by atoms with Crippen molar-refractivity contribution in [3.63, 3.8) is 0 Å². The van der Waals surface area contributed by atoms with Crippen LogP contribution in [0.25, 0.3) is 0 Å². The van der Waals surface area contributed by atoms with Gasteiger partial charge in [-0.1, -0.05) is 11.6 Å². The molecule has 110 valence electrons. The molecule has 0 unspecified atom stereocenters. The first-order chi connectivity index (χ1) is 9.52. The van der Waals surface area contributed by atoms with E-state index in [1.54, 1.807) is 18.2 Å². The van der Waals surface area contributed by atoms with Gasteiger partial charge in [-0.3, -0.25) is 9.59 Å². The van der Waals surface area contributed by atoms with Gasteiger partial charge in [-0.25, -0.2) is 0 Å². The summed E-state index contributed by atoms with van der Waals surface area (Å²) in [5, 5.41) is 11.8. The molecule has 20 heavy (non-hydrogen) atoms. The summed E-state index contributed by atoms with van der Waals surface area (Å²) in [6.45, 7) is 2.87. The lowest BCUT2D eigenvalue weighted by Crippen LogP contribution is -2.26. The number of carboxylic acid groups (broad SMARTS) is 1. The number of amides is 1. The average molecular weight is 300 g/mol. The van der Waals surface area contributed by atoms with Gasteiger partial charge in [-0.05, 0) is 37.1 Å². The van der Waals surface area contributed by atoms with Crippen molar-refractivity contribution in [3.05, 3.63) is 28.8 Å². The minimum Gasteiger partial charge on any atom is -0.494 e. The third kappa shape index (κ3) is 5.93. The van der Waals surface area contributed by atoms with E-state index in [1.807, 2.05) is 6.92 Å². The van der Waals surface area contributed by atoms with E-state index in [9.17, 15) is 9.59 Å². The molecule has 0 radical (unpaired) electrons. The normalized spacial score (nSPS) is 10.1. The van der Waals surface area contributed by atoms with Crippen LogP contribution in [-0.4, -0.2) is 30.1 Å². The van der Waals surface area contributed by atoms with Gasteiger partial charge in [0.25, 0.3) is 0 Å². The highest BCUT2D eigenvalue weighted by Crippen LogP contribution is 2.23. The van der Waals surface area contributed by atoms with Gasteiger partial charge in [0.1, 0.15) is 5.75 Å². The lowest BCUT2D eigenvalue weighted by Gasteiger charge is -2.11. The van der Waals surface area contributed by atoms with Gasteiger partial charge in [0.05, 0.1) is 13.0 Å². The van der Waals surface area contributed by atoms with Crippen LogP contribution in [0.5, 0.6) is 5.75 Å². The van der Waals surface area contributed by atoms with E-state index in [2.05, 4.69) is 5.32 Å². The van der Waals surface area contributed by atoms with Crippen LogP contribution >= 0.6 is 11.6 Å². The standard InChI is InChI=1S/C14H18ClNO4/c1-2-20-12-4-3-11(15)9-10(12)7-8-16-13(17)5-6-14(18)19/h3-4,9H,2,5-8H2,1H3,(H,16,17)(H,18,19). The second-order valence-corrected chi connectivity index (χ2v) is 4.62. The number of carbonyl (C=O) groups is 2. The molecule has 5 nitrogen and oxygen atoms in total. The van der Waals surface area contributed by atoms with Crippen LogP contribution in [0.1, 0.15) is 25.3 Å². The van der Waals surface area contributed by atoms with Crippen molar-refractivity contribution in [1.82, 2.24) is 5.32 Å². The molecular formula is C14H18ClNO4. The number of nitrogens with one attached hydrogen (secondary N) is 1. The Morgan fingerprint density at radius 3 is 2.75 bits per heavy atom. The SMILES string of the molecule is CCOc1ccc(Cl)cc1CCNC(=O)CCC(=O)O. The molecule has 0 aliphatic carbocycles. The number of hydrogen-bond acceptors (Lipinski definition) is 3. The molecule has 0 fully saturated rings. The molecule has 2 N–H and O–H groups in total. The van der Waals surface area contributed by atoms with E-state index in [-0.39, 0.29) is 18.7 Å². The molecule has 0 spiro atoms. The summed E-state index contributed by atoms with van der Waals surface area (Å²) in [5.74, 6) is -0.502. The smallest absolute Gasteiger partial charge is 0.303 e. The Labute approximate surface area is 122 Å². The van der Waals surface area contributed by atoms with Gasteiger partial charge in [0.2, 0.25) is 5.91 Å². The molecule has 0 saturated heterocycles. The second kappa shape index (κ2) is 8.43. The molecule has 0 atom stereocenters. The van der Waals surface area contributed by atoms with Crippen molar-refractivity contribution < 1.29 is 19.4 Å². The van der Waals surface area contributed by atoms with Gasteiger partial charge in [-0.2, -0.15) is 0 Å². The molecule has 1 rings (SSSR count). The summed E-state index contributed by atoms with van der Waals surface area (Å²) in [4.78, 5) is 21.7. The quantitative estimate of drug-likeness (QED) is 0.772. The number of halogens is 1. The number of carbonyl (C=O) groups excluding carboxylic acids is 1. The first-order valence-corrected chi connectivity index (χ1v) is 6.80. The summed E-state index contributed by atoms with van der Waals surface area (Å²) in [6.07, 6.45) is 0.408. The fourth-order valence-corrected chi connectivity index (χ4v) is 1.88. The Kier molecular flexibility index (Phi) is 6.87. The van der Waals surface area contributed by atoms with Crippen molar-refractivity contribution in [2.75, 3.05) is 13.2 Å². The van der Waals surface area contributed by atoms with Crippen LogP contribution in [-0.2, 0) is 16.0 Å². The van der Waals surface area contributed by atoms with Gasteiger partial charge in [0.15, 0.2) is 0 Å². The maximum absolute atomic E-state index is 11.4. The second-order valence-electron chi connectivity index (χ2n) is 4.18. The number of hydrogen-bond donors (Lipinski definition) is 2. The first-order valence-electron chi connectivity index (χ1n) is 6.42.